The van der Waals surface area contributed by atoms with E-state index in [1.54, 1.807) is 6.92 Å². The molecule has 0 aliphatic rings. The molecule has 0 aromatic carbocycles. The summed E-state index contributed by atoms with van der Waals surface area (Å²) in [6.07, 6.45) is 1.86. The second kappa shape index (κ2) is 6.69. The van der Waals surface area contributed by atoms with Crippen molar-refractivity contribution >= 4 is 5.97 Å². The zero-order valence-electron chi connectivity index (χ0n) is 11.4. The van der Waals surface area contributed by atoms with Crippen molar-refractivity contribution in [3.63, 3.8) is 0 Å². The first-order valence-corrected chi connectivity index (χ1v) is 5.77. The zero-order valence-corrected chi connectivity index (χ0v) is 11.4. The van der Waals surface area contributed by atoms with Gasteiger partial charge >= 0.3 is 5.97 Å². The van der Waals surface area contributed by atoms with E-state index in [0.717, 1.165) is 6.54 Å². The van der Waals surface area contributed by atoms with Crippen LogP contribution in [0.3, 0.4) is 0 Å². The van der Waals surface area contributed by atoms with Gasteiger partial charge in [0.2, 0.25) is 0 Å². The third-order valence-corrected chi connectivity index (χ3v) is 3.20. The molecule has 3 heteroatoms. The fraction of sp³-hybridized carbons (Fsp3) is 0.769. The van der Waals surface area contributed by atoms with Gasteiger partial charge < -0.3 is 10.1 Å². The molecule has 0 spiro atoms. The van der Waals surface area contributed by atoms with Crippen molar-refractivity contribution in [3.05, 3.63) is 11.6 Å². The van der Waals surface area contributed by atoms with Gasteiger partial charge in [-0.05, 0) is 18.3 Å². The molecule has 0 aliphatic carbocycles. The molecule has 94 valence electrons. The smallest absolute Gasteiger partial charge is 0.333 e. The summed E-state index contributed by atoms with van der Waals surface area (Å²) in [6, 6.07) is 0. The summed E-state index contributed by atoms with van der Waals surface area (Å²) in [5.41, 5.74) is 0.921. The average Bonchev–Trinajstić information content (AvgIpc) is 2.22. The molecule has 0 heterocycles. The summed E-state index contributed by atoms with van der Waals surface area (Å²) in [6.45, 7) is 12.3. The standard InChI is InChI=1S/C13H25NO2/c1-10(2)13(4,5)9-14-8-7-11(3)12(15)16-6/h7,10,14H,8-9H2,1-6H3. The second-order valence-electron chi connectivity index (χ2n) is 5.15. The third-order valence-electron chi connectivity index (χ3n) is 3.20. The van der Waals surface area contributed by atoms with Crippen molar-refractivity contribution in [1.82, 2.24) is 5.32 Å². The predicted octanol–water partition coefficient (Wildman–Crippen LogP) is 2.38. The van der Waals surface area contributed by atoms with Gasteiger partial charge in [-0.2, -0.15) is 0 Å². The SMILES string of the molecule is COC(=O)C(C)=CCNCC(C)(C)C(C)C. The number of methoxy groups -OCH3 is 1. The van der Waals surface area contributed by atoms with Crippen molar-refractivity contribution in [2.24, 2.45) is 11.3 Å². The summed E-state index contributed by atoms with van der Waals surface area (Å²) < 4.78 is 4.61. The Morgan fingerprint density at radius 2 is 2.00 bits per heavy atom. The molecule has 0 unspecified atom stereocenters. The first-order valence-electron chi connectivity index (χ1n) is 5.77. The molecule has 0 aromatic rings. The number of esters is 1. The number of rotatable bonds is 6. The van der Waals surface area contributed by atoms with Crippen molar-refractivity contribution in [2.45, 2.75) is 34.6 Å². The number of hydrogen-bond donors (Lipinski definition) is 1. The van der Waals surface area contributed by atoms with Crippen molar-refractivity contribution in [3.8, 4) is 0 Å². The molecular weight excluding hydrogens is 202 g/mol. The van der Waals surface area contributed by atoms with Crippen LogP contribution < -0.4 is 5.32 Å². The van der Waals surface area contributed by atoms with Crippen molar-refractivity contribution < 1.29 is 9.53 Å². The van der Waals surface area contributed by atoms with Crippen LogP contribution in [0.5, 0.6) is 0 Å². The first kappa shape index (κ1) is 15.2. The molecule has 0 amide bonds. The Kier molecular flexibility index (Phi) is 6.34. The van der Waals surface area contributed by atoms with Crippen molar-refractivity contribution in [2.75, 3.05) is 20.2 Å². The maximum absolute atomic E-state index is 11.1. The largest absolute Gasteiger partial charge is 0.466 e. The van der Waals surface area contributed by atoms with E-state index in [4.69, 9.17) is 0 Å². The predicted molar refractivity (Wildman–Crippen MR) is 67.3 cm³/mol. The van der Waals surface area contributed by atoms with E-state index in [0.29, 0.717) is 18.0 Å². The summed E-state index contributed by atoms with van der Waals surface area (Å²) in [4.78, 5) is 11.1. The van der Waals surface area contributed by atoms with Gasteiger partial charge in [0.1, 0.15) is 0 Å². The maximum atomic E-state index is 11.1. The number of ether oxygens (including phenoxy) is 1. The summed E-state index contributed by atoms with van der Waals surface area (Å²) >= 11 is 0. The molecule has 0 aromatic heterocycles. The lowest BCUT2D eigenvalue weighted by molar-refractivity contribution is -0.136. The molecule has 0 bridgehead atoms. The van der Waals surface area contributed by atoms with Crippen LogP contribution in [0.4, 0.5) is 0 Å². The fourth-order valence-electron chi connectivity index (χ4n) is 1.07. The molecule has 0 saturated carbocycles. The van der Waals surface area contributed by atoms with Gasteiger partial charge in [0.05, 0.1) is 7.11 Å². The summed E-state index contributed by atoms with van der Waals surface area (Å²) in [5, 5.41) is 3.33. The normalized spacial score (nSPS) is 13.1. The third kappa shape index (κ3) is 5.31. The van der Waals surface area contributed by atoms with Gasteiger partial charge in [-0.3, -0.25) is 0 Å². The summed E-state index contributed by atoms with van der Waals surface area (Å²) in [7, 11) is 1.40. The summed E-state index contributed by atoms with van der Waals surface area (Å²) in [5.74, 6) is 0.371. The topological polar surface area (TPSA) is 38.3 Å². The number of carbonyl (C=O) groups excluding carboxylic acids is 1. The number of hydrogen-bond acceptors (Lipinski definition) is 3. The van der Waals surface area contributed by atoms with E-state index < -0.39 is 0 Å². The Bertz CT molecular complexity index is 255. The maximum Gasteiger partial charge on any atom is 0.333 e. The molecule has 0 aliphatic heterocycles. The highest BCUT2D eigenvalue weighted by atomic mass is 16.5. The lowest BCUT2D eigenvalue weighted by Gasteiger charge is -2.29. The zero-order chi connectivity index (χ0) is 12.8. The van der Waals surface area contributed by atoms with Gasteiger partial charge in [0.15, 0.2) is 0 Å². The lowest BCUT2D eigenvalue weighted by Crippen LogP contribution is -2.33. The molecule has 0 rings (SSSR count). The molecular formula is C13H25NO2. The number of carbonyl (C=O) groups is 1. The Morgan fingerprint density at radius 3 is 2.44 bits per heavy atom. The molecule has 0 saturated heterocycles. The quantitative estimate of drug-likeness (QED) is 0.430. The van der Waals surface area contributed by atoms with E-state index >= 15 is 0 Å². The molecule has 0 radical (unpaired) electrons. The molecule has 3 nitrogen and oxygen atoms in total. The van der Waals surface area contributed by atoms with Crippen LogP contribution in [-0.4, -0.2) is 26.2 Å². The Morgan fingerprint density at radius 1 is 1.44 bits per heavy atom. The van der Waals surface area contributed by atoms with Crippen LogP contribution in [0.1, 0.15) is 34.6 Å². The van der Waals surface area contributed by atoms with Gasteiger partial charge in [-0.15, -0.1) is 0 Å². The highest BCUT2D eigenvalue weighted by Crippen LogP contribution is 2.24. The van der Waals surface area contributed by atoms with Crippen LogP contribution in [0.25, 0.3) is 0 Å². The van der Waals surface area contributed by atoms with Gasteiger partial charge in [-0.25, -0.2) is 4.79 Å². The van der Waals surface area contributed by atoms with Crippen molar-refractivity contribution in [1.29, 1.82) is 0 Å². The Hall–Kier alpha value is -0.830. The minimum absolute atomic E-state index is 0.259. The van der Waals surface area contributed by atoms with Crippen LogP contribution in [0, 0.1) is 11.3 Å². The Balaban J connectivity index is 3.97. The van der Waals surface area contributed by atoms with Crippen LogP contribution >= 0.6 is 0 Å². The average molecular weight is 227 g/mol. The highest BCUT2D eigenvalue weighted by molar-refractivity contribution is 5.87. The first-order chi connectivity index (χ1) is 7.31. The minimum Gasteiger partial charge on any atom is -0.466 e. The molecule has 0 atom stereocenters. The van der Waals surface area contributed by atoms with E-state index in [9.17, 15) is 4.79 Å². The fourth-order valence-corrected chi connectivity index (χ4v) is 1.07. The van der Waals surface area contributed by atoms with E-state index in [2.05, 4.69) is 37.7 Å². The number of nitrogens with one attached hydrogen (secondary N) is 1. The van der Waals surface area contributed by atoms with Crippen LogP contribution in [0.15, 0.2) is 11.6 Å². The van der Waals surface area contributed by atoms with Gasteiger partial charge in [-0.1, -0.05) is 33.8 Å². The van der Waals surface area contributed by atoms with Gasteiger partial charge in [0, 0.05) is 18.7 Å². The van der Waals surface area contributed by atoms with E-state index in [1.807, 2.05) is 6.08 Å². The Labute approximate surface area is 99.3 Å². The highest BCUT2D eigenvalue weighted by Gasteiger charge is 2.21. The lowest BCUT2D eigenvalue weighted by atomic mass is 9.81. The molecule has 16 heavy (non-hydrogen) atoms. The van der Waals surface area contributed by atoms with E-state index in [1.165, 1.54) is 7.11 Å². The van der Waals surface area contributed by atoms with Crippen LogP contribution in [-0.2, 0) is 9.53 Å². The van der Waals surface area contributed by atoms with E-state index in [-0.39, 0.29) is 11.4 Å². The van der Waals surface area contributed by atoms with Crippen LogP contribution in [0.2, 0.25) is 0 Å². The molecule has 0 fully saturated rings. The monoisotopic (exact) mass is 227 g/mol. The molecule has 1 N–H and O–H groups in total. The van der Waals surface area contributed by atoms with Gasteiger partial charge in [0.25, 0.3) is 0 Å². The minimum atomic E-state index is -0.259. The second-order valence-corrected chi connectivity index (χ2v) is 5.15.